The number of unbranched alkanes of at least 4 members (excludes halogenated alkanes) is 1. The highest BCUT2D eigenvalue weighted by Crippen LogP contribution is 2.34. The van der Waals surface area contributed by atoms with Crippen LogP contribution in [0.1, 0.15) is 18.4 Å². The van der Waals surface area contributed by atoms with Crippen molar-refractivity contribution < 1.29 is 32.4 Å². The van der Waals surface area contributed by atoms with Gasteiger partial charge in [-0.3, -0.25) is 10.1 Å². The predicted molar refractivity (Wildman–Crippen MR) is 96.7 cm³/mol. The molecule has 0 bridgehead atoms. The van der Waals surface area contributed by atoms with Crippen molar-refractivity contribution in [1.82, 2.24) is 0 Å². The van der Waals surface area contributed by atoms with Gasteiger partial charge in [0.25, 0.3) is 5.69 Å². The molecule has 0 aliphatic rings. The zero-order chi connectivity index (χ0) is 19.6. The molecule has 26 heavy (non-hydrogen) atoms. The molecule has 1 aromatic carbocycles. The van der Waals surface area contributed by atoms with Gasteiger partial charge in [0.15, 0.2) is 0 Å². The summed E-state index contributed by atoms with van der Waals surface area (Å²) in [6.07, 6.45) is 1.54. The molecule has 0 heterocycles. The highest BCUT2D eigenvalue weighted by molar-refractivity contribution is 6.60. The Balaban J connectivity index is 2.61. The van der Waals surface area contributed by atoms with E-state index in [-0.39, 0.29) is 12.3 Å². The SMILES string of the molecule is COc1cc(OC)c(COCCCC[Si](OC)(OC)OC)c([N+](=O)[O-])c1. The number of hydrogen-bond acceptors (Lipinski definition) is 8. The predicted octanol–water partition coefficient (Wildman–Crippen LogP) is 2.79. The van der Waals surface area contributed by atoms with E-state index < -0.39 is 13.7 Å². The number of nitro groups is 1. The van der Waals surface area contributed by atoms with Crippen LogP contribution in [0.15, 0.2) is 12.1 Å². The number of hydrogen-bond donors (Lipinski definition) is 0. The average molecular weight is 389 g/mol. The maximum Gasteiger partial charge on any atom is 0.500 e. The second kappa shape index (κ2) is 11.1. The smallest absolute Gasteiger partial charge is 0.496 e. The number of methoxy groups -OCH3 is 2. The topological polar surface area (TPSA) is 98.5 Å². The van der Waals surface area contributed by atoms with Crippen molar-refractivity contribution in [2.45, 2.75) is 25.5 Å². The third kappa shape index (κ3) is 5.92. The Morgan fingerprint density at radius 2 is 1.65 bits per heavy atom. The molecule has 0 amide bonds. The monoisotopic (exact) mass is 389 g/mol. The summed E-state index contributed by atoms with van der Waals surface area (Å²) >= 11 is 0. The zero-order valence-corrected chi connectivity index (χ0v) is 16.9. The van der Waals surface area contributed by atoms with E-state index in [1.807, 2.05) is 0 Å². The molecule has 0 atom stereocenters. The first-order valence-corrected chi connectivity index (χ1v) is 10.0. The number of nitro benzene ring substituents is 1. The molecule has 10 heteroatoms. The molecule has 148 valence electrons. The van der Waals surface area contributed by atoms with Gasteiger partial charge in [-0.2, -0.15) is 0 Å². The van der Waals surface area contributed by atoms with E-state index >= 15 is 0 Å². The fourth-order valence-corrected chi connectivity index (χ4v) is 4.29. The Labute approximate surface area is 154 Å². The number of ether oxygens (including phenoxy) is 3. The van der Waals surface area contributed by atoms with E-state index in [9.17, 15) is 10.1 Å². The van der Waals surface area contributed by atoms with Gasteiger partial charge in [0, 0.05) is 40.0 Å². The van der Waals surface area contributed by atoms with Gasteiger partial charge >= 0.3 is 8.80 Å². The largest absolute Gasteiger partial charge is 0.500 e. The van der Waals surface area contributed by atoms with E-state index in [2.05, 4.69) is 0 Å². The van der Waals surface area contributed by atoms with Crippen molar-refractivity contribution in [3.63, 3.8) is 0 Å². The summed E-state index contributed by atoms with van der Waals surface area (Å²) in [4.78, 5) is 10.8. The highest BCUT2D eigenvalue weighted by atomic mass is 28.4. The van der Waals surface area contributed by atoms with E-state index in [1.165, 1.54) is 20.3 Å². The minimum Gasteiger partial charge on any atom is -0.496 e. The van der Waals surface area contributed by atoms with Gasteiger partial charge in [-0.05, 0) is 12.8 Å². The standard InChI is InChI=1S/C16H27NO8Si/c1-20-13-10-15(17(18)19)14(16(11-13)21-2)12-25-8-6-7-9-26(22-3,23-4)24-5/h10-11H,6-9,12H2,1-5H3. The van der Waals surface area contributed by atoms with Crippen LogP contribution in [0.4, 0.5) is 5.69 Å². The fraction of sp³-hybridized carbons (Fsp3) is 0.625. The maximum atomic E-state index is 11.3. The minimum atomic E-state index is -2.57. The summed E-state index contributed by atoms with van der Waals surface area (Å²) in [5.74, 6) is 0.720. The normalized spacial score (nSPS) is 11.4. The second-order valence-corrected chi connectivity index (χ2v) is 8.48. The molecule has 0 aliphatic heterocycles. The maximum absolute atomic E-state index is 11.3. The van der Waals surface area contributed by atoms with Crippen LogP contribution in [-0.4, -0.2) is 55.9 Å². The van der Waals surface area contributed by atoms with Crippen molar-refractivity contribution in [3.8, 4) is 11.5 Å². The van der Waals surface area contributed by atoms with Gasteiger partial charge in [0.2, 0.25) is 0 Å². The van der Waals surface area contributed by atoms with E-state index in [0.717, 1.165) is 12.8 Å². The van der Waals surface area contributed by atoms with Crippen LogP contribution in [0.25, 0.3) is 0 Å². The van der Waals surface area contributed by atoms with E-state index in [4.69, 9.17) is 27.5 Å². The van der Waals surface area contributed by atoms with E-state index in [0.29, 0.717) is 29.7 Å². The first kappa shape index (κ1) is 22.3. The lowest BCUT2D eigenvalue weighted by Gasteiger charge is -2.24. The van der Waals surface area contributed by atoms with Crippen molar-refractivity contribution in [2.75, 3.05) is 42.2 Å². The Morgan fingerprint density at radius 1 is 1.00 bits per heavy atom. The van der Waals surface area contributed by atoms with Crippen molar-refractivity contribution in [1.29, 1.82) is 0 Å². The number of benzene rings is 1. The van der Waals surface area contributed by atoms with Crippen LogP contribution in [-0.2, 0) is 24.6 Å². The molecule has 0 radical (unpaired) electrons. The first-order valence-electron chi connectivity index (χ1n) is 8.09. The minimum absolute atomic E-state index is 0.0743. The summed E-state index contributed by atoms with van der Waals surface area (Å²) in [7, 11) is 5.05. The van der Waals surface area contributed by atoms with Crippen LogP contribution in [0.2, 0.25) is 6.04 Å². The molecule has 0 spiro atoms. The molecular weight excluding hydrogens is 362 g/mol. The Morgan fingerprint density at radius 3 is 2.15 bits per heavy atom. The van der Waals surface area contributed by atoms with Crippen molar-refractivity contribution >= 4 is 14.5 Å². The van der Waals surface area contributed by atoms with Crippen LogP contribution in [0, 0.1) is 10.1 Å². The van der Waals surface area contributed by atoms with Gasteiger partial charge in [0.1, 0.15) is 11.5 Å². The first-order chi connectivity index (χ1) is 12.5. The van der Waals surface area contributed by atoms with Crippen LogP contribution in [0.5, 0.6) is 11.5 Å². The van der Waals surface area contributed by atoms with Gasteiger partial charge < -0.3 is 27.5 Å². The Hall–Kier alpha value is -1.72. The van der Waals surface area contributed by atoms with E-state index in [1.54, 1.807) is 27.4 Å². The fourth-order valence-electron chi connectivity index (χ4n) is 2.49. The van der Waals surface area contributed by atoms with Gasteiger partial charge in [-0.1, -0.05) is 0 Å². The van der Waals surface area contributed by atoms with Gasteiger partial charge in [0.05, 0.1) is 37.4 Å². The molecule has 0 saturated carbocycles. The van der Waals surface area contributed by atoms with Gasteiger partial charge in [-0.25, -0.2) is 0 Å². The number of nitrogens with zero attached hydrogens (tertiary/aromatic N) is 1. The average Bonchev–Trinajstić information content (AvgIpc) is 2.67. The summed E-state index contributed by atoms with van der Waals surface area (Å²) in [5, 5.41) is 11.3. The van der Waals surface area contributed by atoms with Crippen molar-refractivity contribution in [3.05, 3.63) is 27.8 Å². The second-order valence-electron chi connectivity index (χ2n) is 5.39. The number of rotatable bonds is 13. The molecule has 1 aromatic rings. The molecular formula is C16H27NO8Si. The van der Waals surface area contributed by atoms with Gasteiger partial charge in [-0.15, -0.1) is 0 Å². The molecule has 0 N–H and O–H groups in total. The van der Waals surface area contributed by atoms with Crippen molar-refractivity contribution in [2.24, 2.45) is 0 Å². The van der Waals surface area contributed by atoms with Crippen LogP contribution >= 0.6 is 0 Å². The lowest BCUT2D eigenvalue weighted by molar-refractivity contribution is -0.386. The zero-order valence-electron chi connectivity index (χ0n) is 15.9. The summed E-state index contributed by atoms with van der Waals surface area (Å²) < 4.78 is 32.0. The lowest BCUT2D eigenvalue weighted by atomic mass is 10.1. The summed E-state index contributed by atoms with van der Waals surface area (Å²) in [6.45, 7) is 0.513. The quantitative estimate of drug-likeness (QED) is 0.220. The molecule has 0 aliphatic carbocycles. The summed E-state index contributed by atoms with van der Waals surface area (Å²) in [6, 6.07) is 3.63. The molecule has 1 rings (SSSR count). The Bertz CT molecular complexity index is 571. The lowest BCUT2D eigenvalue weighted by Crippen LogP contribution is -2.42. The summed E-state index contributed by atoms with van der Waals surface area (Å²) in [5.41, 5.74) is 0.290. The third-order valence-corrected chi connectivity index (χ3v) is 6.84. The molecule has 0 saturated heterocycles. The highest BCUT2D eigenvalue weighted by Gasteiger charge is 2.36. The Kier molecular flexibility index (Phi) is 9.52. The molecule has 0 fully saturated rings. The van der Waals surface area contributed by atoms with Crippen LogP contribution < -0.4 is 9.47 Å². The molecule has 9 nitrogen and oxygen atoms in total. The molecule has 0 unspecified atom stereocenters. The third-order valence-electron chi connectivity index (χ3n) is 4.01. The molecule has 0 aromatic heterocycles. The van der Waals surface area contributed by atoms with Crippen LogP contribution in [0.3, 0.4) is 0 Å².